The van der Waals surface area contributed by atoms with Gasteiger partial charge in [0.25, 0.3) is 5.91 Å². The summed E-state index contributed by atoms with van der Waals surface area (Å²) in [5, 5.41) is 3.10. The largest absolute Gasteiger partial charge is 0.349 e. The number of aromatic nitrogens is 1. The molecule has 2 aliphatic rings. The lowest BCUT2D eigenvalue weighted by atomic mass is 10.1. The highest BCUT2D eigenvalue weighted by Gasteiger charge is 2.34. The number of aromatic amines is 1. The van der Waals surface area contributed by atoms with Gasteiger partial charge in [-0.25, -0.2) is 8.78 Å². The van der Waals surface area contributed by atoms with Crippen molar-refractivity contribution in [2.24, 2.45) is 0 Å². The summed E-state index contributed by atoms with van der Waals surface area (Å²) in [6, 6.07) is 2.18. The maximum Gasteiger partial charge on any atom is 0.271 e. The summed E-state index contributed by atoms with van der Waals surface area (Å²) in [4.78, 5) is 31.4. The molecular weight excluding hydrogens is 413 g/mol. The first-order chi connectivity index (χ1) is 13.4. The van der Waals surface area contributed by atoms with Crippen molar-refractivity contribution >= 4 is 45.9 Å². The number of rotatable bonds is 2. The summed E-state index contributed by atoms with van der Waals surface area (Å²) in [6.07, 6.45) is -0.822. The monoisotopic (exact) mass is 430 g/mol. The van der Waals surface area contributed by atoms with Gasteiger partial charge in [-0.2, -0.15) is 0 Å². The van der Waals surface area contributed by atoms with Crippen molar-refractivity contribution in [1.82, 2.24) is 20.1 Å². The number of benzene rings is 1. The fraction of sp³-hybridized carbons (Fsp3) is 0.444. The van der Waals surface area contributed by atoms with Gasteiger partial charge in [-0.1, -0.05) is 23.2 Å². The summed E-state index contributed by atoms with van der Waals surface area (Å²) in [5.74, 6) is -1.09. The number of nitrogens with zero attached hydrogens (tertiary/aromatic N) is 2. The van der Waals surface area contributed by atoms with E-state index in [1.165, 1.54) is 12.1 Å². The molecule has 0 radical (unpaired) electrons. The van der Waals surface area contributed by atoms with Gasteiger partial charge in [-0.3, -0.25) is 9.59 Å². The Morgan fingerprint density at radius 2 is 1.75 bits per heavy atom. The summed E-state index contributed by atoms with van der Waals surface area (Å²) in [5.41, 5.74) is 0.614. The number of H-pyrrole nitrogens is 1. The SMILES string of the molecule is O=C(c1[nH]c2ccc(F)c(Cl)c2c1Cl)N1CCN(C(=O)[C@H]2C[C@H](F)CN2)CC1. The highest BCUT2D eigenvalue weighted by atomic mass is 35.5. The van der Waals surface area contributed by atoms with E-state index in [1.807, 2.05) is 0 Å². The second kappa shape index (κ2) is 7.50. The van der Waals surface area contributed by atoms with E-state index in [-0.39, 0.29) is 45.9 Å². The third-order valence-corrected chi connectivity index (χ3v) is 6.01. The van der Waals surface area contributed by atoms with Crippen LogP contribution in [-0.4, -0.2) is 71.5 Å². The van der Waals surface area contributed by atoms with E-state index in [0.717, 1.165) is 0 Å². The number of halogens is 4. The molecule has 2 atom stereocenters. The number of carbonyl (C=O) groups excluding carboxylic acids is 2. The van der Waals surface area contributed by atoms with Gasteiger partial charge in [0.1, 0.15) is 17.7 Å². The average Bonchev–Trinajstić information content (AvgIpc) is 3.27. The molecular formula is C18H18Cl2F2N4O2. The Labute approximate surface area is 169 Å². The Balaban J connectivity index is 1.46. The second-order valence-corrected chi connectivity index (χ2v) is 7.77. The molecule has 4 rings (SSSR count). The predicted molar refractivity (Wildman–Crippen MR) is 102 cm³/mol. The van der Waals surface area contributed by atoms with E-state index in [2.05, 4.69) is 10.3 Å². The Morgan fingerprint density at radius 1 is 1.07 bits per heavy atom. The zero-order valence-electron chi connectivity index (χ0n) is 14.8. The van der Waals surface area contributed by atoms with Crippen LogP contribution in [0, 0.1) is 5.82 Å². The van der Waals surface area contributed by atoms with Gasteiger partial charge in [0.2, 0.25) is 5.91 Å². The predicted octanol–water partition coefficient (Wildman–Crippen LogP) is 2.60. The molecule has 0 unspecified atom stereocenters. The summed E-state index contributed by atoms with van der Waals surface area (Å²) in [6.45, 7) is 1.55. The standard InChI is InChI=1S/C18H18Cl2F2N4O2/c19-14-10(22)1-2-11-13(14)15(20)16(24-11)18(28)26-5-3-25(4-6-26)17(27)12-7-9(21)8-23-12/h1-2,9,12,23-24H,3-8H2/t9-,12+/m0/s1. The molecule has 6 nitrogen and oxygen atoms in total. The summed E-state index contributed by atoms with van der Waals surface area (Å²) >= 11 is 12.3. The van der Waals surface area contributed by atoms with Crippen molar-refractivity contribution < 1.29 is 18.4 Å². The van der Waals surface area contributed by atoms with Crippen LogP contribution < -0.4 is 5.32 Å². The van der Waals surface area contributed by atoms with E-state index in [0.29, 0.717) is 31.7 Å². The van der Waals surface area contributed by atoms with Gasteiger partial charge >= 0.3 is 0 Å². The molecule has 2 saturated heterocycles. The Bertz CT molecular complexity index is 943. The van der Waals surface area contributed by atoms with Crippen LogP contribution in [0.4, 0.5) is 8.78 Å². The topological polar surface area (TPSA) is 68.4 Å². The number of piperazine rings is 1. The molecule has 0 bridgehead atoms. The average molecular weight is 431 g/mol. The molecule has 28 heavy (non-hydrogen) atoms. The molecule has 2 N–H and O–H groups in total. The number of fused-ring (bicyclic) bond motifs is 1. The lowest BCUT2D eigenvalue weighted by molar-refractivity contribution is -0.134. The molecule has 10 heteroatoms. The quantitative estimate of drug-likeness (QED) is 0.769. The highest BCUT2D eigenvalue weighted by molar-refractivity contribution is 6.44. The van der Waals surface area contributed by atoms with Crippen LogP contribution in [0.5, 0.6) is 0 Å². The summed E-state index contributed by atoms with van der Waals surface area (Å²) in [7, 11) is 0. The highest BCUT2D eigenvalue weighted by Crippen LogP contribution is 2.35. The minimum Gasteiger partial charge on any atom is -0.349 e. The lowest BCUT2D eigenvalue weighted by Gasteiger charge is -2.35. The molecule has 2 fully saturated rings. The van der Waals surface area contributed by atoms with Gasteiger partial charge in [0.15, 0.2) is 0 Å². The second-order valence-electron chi connectivity index (χ2n) is 7.01. The van der Waals surface area contributed by atoms with Crippen molar-refractivity contribution in [2.45, 2.75) is 18.6 Å². The molecule has 1 aromatic carbocycles. The Morgan fingerprint density at radius 3 is 2.39 bits per heavy atom. The first kappa shape index (κ1) is 19.4. The van der Waals surface area contributed by atoms with Gasteiger partial charge in [0.05, 0.1) is 16.1 Å². The molecule has 2 aromatic rings. The smallest absolute Gasteiger partial charge is 0.271 e. The van der Waals surface area contributed by atoms with Gasteiger partial charge in [-0.15, -0.1) is 0 Å². The van der Waals surface area contributed by atoms with Crippen LogP contribution in [0.1, 0.15) is 16.9 Å². The van der Waals surface area contributed by atoms with Crippen molar-refractivity contribution in [3.05, 3.63) is 33.7 Å². The Hall–Kier alpha value is -1.90. The number of amides is 2. The maximum atomic E-state index is 13.7. The van der Waals surface area contributed by atoms with Gasteiger partial charge in [-0.05, 0) is 12.1 Å². The third-order valence-electron chi connectivity index (χ3n) is 5.26. The minimum absolute atomic E-state index is 0.0761. The lowest BCUT2D eigenvalue weighted by Crippen LogP contribution is -2.54. The summed E-state index contributed by atoms with van der Waals surface area (Å²) < 4.78 is 27.0. The van der Waals surface area contributed by atoms with E-state index in [9.17, 15) is 18.4 Å². The van der Waals surface area contributed by atoms with Crippen LogP contribution in [0.15, 0.2) is 12.1 Å². The van der Waals surface area contributed by atoms with Crippen molar-refractivity contribution in [3.63, 3.8) is 0 Å². The van der Waals surface area contributed by atoms with Gasteiger partial charge < -0.3 is 20.1 Å². The van der Waals surface area contributed by atoms with Gasteiger partial charge in [0, 0.05) is 50.0 Å². The van der Waals surface area contributed by atoms with Crippen LogP contribution in [0.3, 0.4) is 0 Å². The van der Waals surface area contributed by atoms with E-state index < -0.39 is 18.0 Å². The Kier molecular flexibility index (Phi) is 5.20. The van der Waals surface area contributed by atoms with Crippen LogP contribution in [0.25, 0.3) is 10.9 Å². The first-order valence-electron chi connectivity index (χ1n) is 8.97. The fourth-order valence-electron chi connectivity index (χ4n) is 3.72. The number of hydrogen-bond acceptors (Lipinski definition) is 3. The third kappa shape index (κ3) is 3.33. The van der Waals surface area contributed by atoms with E-state index >= 15 is 0 Å². The van der Waals surface area contributed by atoms with Crippen LogP contribution in [-0.2, 0) is 4.79 Å². The molecule has 150 valence electrons. The normalized spacial score (nSPS) is 22.9. The number of carbonyl (C=O) groups is 2. The molecule has 0 saturated carbocycles. The van der Waals surface area contributed by atoms with Crippen LogP contribution in [0.2, 0.25) is 10.0 Å². The minimum atomic E-state index is -1.00. The van der Waals surface area contributed by atoms with Crippen molar-refractivity contribution in [1.29, 1.82) is 0 Å². The fourth-order valence-corrected chi connectivity index (χ4v) is 4.35. The maximum absolute atomic E-state index is 13.7. The molecule has 0 spiro atoms. The molecule has 2 aliphatic heterocycles. The number of nitrogens with one attached hydrogen (secondary N) is 2. The molecule has 2 amide bonds. The zero-order valence-corrected chi connectivity index (χ0v) is 16.3. The zero-order chi connectivity index (χ0) is 20.0. The van der Waals surface area contributed by atoms with E-state index in [1.54, 1.807) is 9.80 Å². The van der Waals surface area contributed by atoms with E-state index in [4.69, 9.17) is 23.2 Å². The van der Waals surface area contributed by atoms with Crippen molar-refractivity contribution in [3.8, 4) is 0 Å². The van der Waals surface area contributed by atoms with Crippen LogP contribution >= 0.6 is 23.2 Å². The molecule has 1 aromatic heterocycles. The van der Waals surface area contributed by atoms with Crippen molar-refractivity contribution in [2.75, 3.05) is 32.7 Å². The number of hydrogen-bond donors (Lipinski definition) is 2. The molecule has 3 heterocycles. The molecule has 0 aliphatic carbocycles. The number of alkyl halides is 1. The first-order valence-corrected chi connectivity index (χ1v) is 9.73.